The van der Waals surface area contributed by atoms with E-state index in [4.69, 9.17) is 0 Å². The van der Waals surface area contributed by atoms with Gasteiger partial charge in [0.15, 0.2) is 0 Å². The van der Waals surface area contributed by atoms with Gasteiger partial charge < -0.3 is 4.90 Å². The van der Waals surface area contributed by atoms with Crippen molar-refractivity contribution >= 4 is 29.0 Å². The SMILES string of the molecule is CSc1nc(C(=O)N2CCN(C)[C@@H](c3ccccc3)C2)cs1. The highest BCUT2D eigenvalue weighted by Gasteiger charge is 2.29. The fourth-order valence-electron chi connectivity index (χ4n) is 2.70. The van der Waals surface area contributed by atoms with Crippen LogP contribution < -0.4 is 0 Å². The number of hydrogen-bond acceptors (Lipinski definition) is 5. The lowest BCUT2D eigenvalue weighted by Gasteiger charge is -2.39. The van der Waals surface area contributed by atoms with Gasteiger partial charge in [0.05, 0.1) is 6.04 Å². The Kier molecular flexibility index (Phi) is 4.81. The maximum absolute atomic E-state index is 12.7. The van der Waals surface area contributed by atoms with Crippen LogP contribution in [0, 0.1) is 0 Å². The van der Waals surface area contributed by atoms with E-state index in [-0.39, 0.29) is 11.9 Å². The molecule has 4 nitrogen and oxygen atoms in total. The Hall–Kier alpha value is -1.37. The summed E-state index contributed by atoms with van der Waals surface area (Å²) in [5, 5.41) is 1.87. The predicted molar refractivity (Wildman–Crippen MR) is 91.6 cm³/mol. The maximum Gasteiger partial charge on any atom is 0.273 e. The molecule has 1 aliphatic heterocycles. The van der Waals surface area contributed by atoms with Gasteiger partial charge in [-0.3, -0.25) is 9.69 Å². The van der Waals surface area contributed by atoms with E-state index in [1.165, 1.54) is 16.9 Å². The summed E-state index contributed by atoms with van der Waals surface area (Å²) in [5.74, 6) is 0.0468. The zero-order valence-electron chi connectivity index (χ0n) is 12.7. The lowest BCUT2D eigenvalue weighted by molar-refractivity contribution is 0.0541. The molecule has 3 rings (SSSR count). The molecule has 1 fully saturated rings. The van der Waals surface area contributed by atoms with Crippen LogP contribution in [-0.4, -0.2) is 53.6 Å². The number of aromatic nitrogens is 1. The molecule has 0 unspecified atom stereocenters. The molecule has 2 heterocycles. The molecule has 1 aromatic carbocycles. The van der Waals surface area contributed by atoms with Crippen LogP contribution in [0.3, 0.4) is 0 Å². The fraction of sp³-hybridized carbons (Fsp3) is 0.375. The van der Waals surface area contributed by atoms with E-state index in [0.29, 0.717) is 12.2 Å². The molecule has 1 amide bonds. The van der Waals surface area contributed by atoms with E-state index in [1.807, 2.05) is 22.6 Å². The molecule has 22 heavy (non-hydrogen) atoms. The van der Waals surface area contributed by atoms with E-state index >= 15 is 0 Å². The van der Waals surface area contributed by atoms with Gasteiger partial charge in [0, 0.05) is 25.0 Å². The number of piperazine rings is 1. The predicted octanol–water partition coefficient (Wildman–Crippen LogP) is 2.99. The third-order valence-corrected chi connectivity index (χ3v) is 5.86. The minimum absolute atomic E-state index is 0.0468. The van der Waals surface area contributed by atoms with Crippen molar-refractivity contribution in [1.82, 2.24) is 14.8 Å². The van der Waals surface area contributed by atoms with Gasteiger partial charge in [-0.2, -0.15) is 0 Å². The van der Waals surface area contributed by atoms with Crippen LogP contribution in [0.2, 0.25) is 0 Å². The summed E-state index contributed by atoms with van der Waals surface area (Å²) in [5.41, 5.74) is 1.83. The van der Waals surface area contributed by atoms with Crippen molar-refractivity contribution in [2.24, 2.45) is 0 Å². The third-order valence-electron chi connectivity index (χ3n) is 4.00. The molecule has 116 valence electrons. The standard InChI is InChI=1S/C16H19N3OS2/c1-18-8-9-19(10-14(18)12-6-4-3-5-7-12)15(20)13-11-22-16(17-13)21-2/h3-7,11,14H,8-10H2,1-2H3/t14-/m1/s1. The maximum atomic E-state index is 12.7. The Morgan fingerprint density at radius 1 is 1.32 bits per heavy atom. The van der Waals surface area contributed by atoms with Gasteiger partial charge in [-0.25, -0.2) is 4.98 Å². The first-order valence-corrected chi connectivity index (χ1v) is 9.33. The first-order valence-electron chi connectivity index (χ1n) is 7.23. The number of carbonyl (C=O) groups excluding carboxylic acids is 1. The van der Waals surface area contributed by atoms with Crippen molar-refractivity contribution in [3.63, 3.8) is 0 Å². The van der Waals surface area contributed by atoms with Crippen molar-refractivity contribution in [1.29, 1.82) is 0 Å². The molecule has 0 spiro atoms. The number of benzene rings is 1. The summed E-state index contributed by atoms with van der Waals surface area (Å²) >= 11 is 3.11. The second-order valence-corrected chi connectivity index (χ2v) is 7.27. The molecule has 0 N–H and O–H groups in total. The number of rotatable bonds is 3. The van der Waals surface area contributed by atoms with Crippen LogP contribution in [-0.2, 0) is 0 Å². The summed E-state index contributed by atoms with van der Waals surface area (Å²) in [7, 11) is 2.12. The minimum atomic E-state index is 0.0468. The normalized spacial score (nSPS) is 19.4. The van der Waals surface area contributed by atoms with Crippen LogP contribution in [0.15, 0.2) is 40.1 Å². The molecule has 1 aromatic heterocycles. The Morgan fingerprint density at radius 2 is 2.09 bits per heavy atom. The Morgan fingerprint density at radius 3 is 2.77 bits per heavy atom. The van der Waals surface area contributed by atoms with E-state index < -0.39 is 0 Å². The van der Waals surface area contributed by atoms with Crippen molar-refractivity contribution in [2.45, 2.75) is 10.4 Å². The largest absolute Gasteiger partial charge is 0.334 e. The average Bonchev–Trinajstić information content (AvgIpc) is 3.04. The van der Waals surface area contributed by atoms with E-state index in [9.17, 15) is 4.79 Å². The van der Waals surface area contributed by atoms with Gasteiger partial charge in [0.2, 0.25) is 0 Å². The zero-order chi connectivity index (χ0) is 15.5. The van der Waals surface area contributed by atoms with Gasteiger partial charge in [-0.15, -0.1) is 11.3 Å². The van der Waals surface area contributed by atoms with Crippen LogP contribution in [0.1, 0.15) is 22.1 Å². The Labute approximate surface area is 139 Å². The molecule has 1 saturated heterocycles. The molecule has 1 atom stereocenters. The molecule has 0 aliphatic carbocycles. The van der Waals surface area contributed by atoms with Crippen LogP contribution in [0.4, 0.5) is 0 Å². The molecular formula is C16H19N3OS2. The van der Waals surface area contributed by atoms with Crippen molar-refractivity contribution in [2.75, 3.05) is 32.9 Å². The summed E-state index contributed by atoms with van der Waals surface area (Å²) in [6, 6.07) is 10.6. The van der Waals surface area contributed by atoms with Crippen LogP contribution in [0.5, 0.6) is 0 Å². The molecule has 1 aliphatic rings. The zero-order valence-corrected chi connectivity index (χ0v) is 14.4. The van der Waals surface area contributed by atoms with Crippen molar-refractivity contribution in [3.8, 4) is 0 Å². The highest BCUT2D eigenvalue weighted by atomic mass is 32.2. The number of amides is 1. The number of thioether (sulfide) groups is 1. The second-order valence-electron chi connectivity index (χ2n) is 5.36. The molecule has 0 saturated carbocycles. The Balaban J connectivity index is 1.76. The van der Waals surface area contributed by atoms with Gasteiger partial charge in [0.1, 0.15) is 10.0 Å². The van der Waals surface area contributed by atoms with Gasteiger partial charge in [0.25, 0.3) is 5.91 Å². The summed E-state index contributed by atoms with van der Waals surface area (Å²) < 4.78 is 0.942. The Bertz CT molecular complexity index is 644. The smallest absolute Gasteiger partial charge is 0.273 e. The number of thiazole rings is 1. The molecule has 0 bridgehead atoms. The highest BCUT2D eigenvalue weighted by Crippen LogP contribution is 2.26. The van der Waals surface area contributed by atoms with Gasteiger partial charge >= 0.3 is 0 Å². The molecule has 0 radical (unpaired) electrons. The van der Waals surface area contributed by atoms with Crippen LogP contribution >= 0.6 is 23.1 Å². The topological polar surface area (TPSA) is 36.4 Å². The minimum Gasteiger partial charge on any atom is -0.334 e. The number of likely N-dealkylation sites (N-methyl/N-ethyl adjacent to an activating group) is 1. The lowest BCUT2D eigenvalue weighted by atomic mass is 10.0. The molecular weight excluding hydrogens is 314 g/mol. The van der Waals surface area contributed by atoms with Crippen molar-refractivity contribution < 1.29 is 4.79 Å². The summed E-state index contributed by atoms with van der Waals surface area (Å²) in [4.78, 5) is 21.3. The summed E-state index contributed by atoms with van der Waals surface area (Å²) in [6.45, 7) is 2.35. The first kappa shape index (κ1) is 15.5. The van der Waals surface area contributed by atoms with Crippen molar-refractivity contribution in [3.05, 3.63) is 47.0 Å². The van der Waals surface area contributed by atoms with E-state index in [1.54, 1.807) is 11.8 Å². The molecule has 2 aromatic rings. The van der Waals surface area contributed by atoms with E-state index in [2.05, 4.69) is 41.2 Å². The third kappa shape index (κ3) is 3.19. The number of nitrogens with zero attached hydrogens (tertiary/aromatic N) is 3. The summed E-state index contributed by atoms with van der Waals surface area (Å²) in [6.07, 6.45) is 1.98. The lowest BCUT2D eigenvalue weighted by Crippen LogP contribution is -2.49. The monoisotopic (exact) mass is 333 g/mol. The first-order chi connectivity index (χ1) is 10.7. The highest BCUT2D eigenvalue weighted by molar-refractivity contribution is 8.00. The average molecular weight is 333 g/mol. The van der Waals surface area contributed by atoms with Gasteiger partial charge in [-0.1, -0.05) is 42.1 Å². The number of hydrogen-bond donors (Lipinski definition) is 0. The van der Waals surface area contributed by atoms with E-state index in [0.717, 1.165) is 17.4 Å². The molecule has 6 heteroatoms. The van der Waals surface area contributed by atoms with Crippen LogP contribution in [0.25, 0.3) is 0 Å². The second kappa shape index (κ2) is 6.81. The van der Waals surface area contributed by atoms with Gasteiger partial charge in [-0.05, 0) is 18.9 Å². The number of carbonyl (C=O) groups is 1. The fourth-order valence-corrected chi connectivity index (χ4v) is 3.94. The quantitative estimate of drug-likeness (QED) is 0.809.